The number of aromatic amines is 2. The molecule has 4 atom stereocenters. The lowest BCUT2D eigenvalue weighted by Crippen LogP contribution is -2.49. The van der Waals surface area contributed by atoms with Crippen LogP contribution in [0.3, 0.4) is 0 Å². The number of piperazine rings is 2. The Labute approximate surface area is 409 Å². The summed E-state index contributed by atoms with van der Waals surface area (Å²) in [5, 5.41) is 30.7. The summed E-state index contributed by atoms with van der Waals surface area (Å²) in [6.45, 7) is 17.3. The van der Waals surface area contributed by atoms with Gasteiger partial charge in [-0.2, -0.15) is 20.7 Å². The van der Waals surface area contributed by atoms with Gasteiger partial charge in [0.15, 0.2) is 0 Å². The molecule has 2 N–H and O–H groups in total. The minimum Gasteiger partial charge on any atom is -0.379 e. The SMILES string of the molecule is Cc1c(N2CCC[C@H]2COC[C@@H](C)CC(=O)N2CCN(c3ccc(C#N)cn3)CC2)cn[nH]c1=O.Cc1c(N2CCC[C@H]2COC[C@H](C)CC(=O)N2CCN(c3ccc(C#N)cn3)CC2)cn[nH]c1=O. The Bertz CT molecular complexity index is 2380. The molecule has 4 saturated heterocycles. The molecule has 0 radical (unpaired) electrons. The highest BCUT2D eigenvalue weighted by Gasteiger charge is 2.30. The van der Waals surface area contributed by atoms with Crippen molar-refractivity contribution < 1.29 is 19.1 Å². The first kappa shape index (κ1) is 51.0. The van der Waals surface area contributed by atoms with Crippen molar-refractivity contribution in [2.45, 2.75) is 78.3 Å². The number of amides is 2. The first-order valence-electron chi connectivity index (χ1n) is 24.5. The highest BCUT2D eigenvalue weighted by atomic mass is 16.5. The van der Waals surface area contributed by atoms with Crippen LogP contribution in [0.25, 0.3) is 0 Å². The van der Waals surface area contributed by atoms with Crippen molar-refractivity contribution in [3.05, 3.63) is 92.0 Å². The van der Waals surface area contributed by atoms with E-state index in [9.17, 15) is 19.2 Å². The van der Waals surface area contributed by atoms with Gasteiger partial charge in [0, 0.05) is 115 Å². The number of nitrogens with zero attached hydrogens (tertiary/aromatic N) is 12. The van der Waals surface area contributed by atoms with Crippen molar-refractivity contribution in [3.8, 4) is 12.1 Å². The zero-order valence-electron chi connectivity index (χ0n) is 40.9. The number of nitrogens with one attached hydrogen (secondary N) is 2. The van der Waals surface area contributed by atoms with Crippen molar-refractivity contribution in [1.82, 2.24) is 40.2 Å². The van der Waals surface area contributed by atoms with Crippen molar-refractivity contribution in [3.63, 3.8) is 0 Å². The second kappa shape index (κ2) is 24.6. The number of hydrogen-bond acceptors (Lipinski definition) is 16. The average Bonchev–Trinajstić information content (AvgIpc) is 4.06. The molecule has 2 amide bonds. The highest BCUT2D eigenvalue weighted by Crippen LogP contribution is 2.28. The molecular formula is C50H66N14O6. The van der Waals surface area contributed by atoms with E-state index in [1.54, 1.807) is 36.9 Å². The lowest BCUT2D eigenvalue weighted by atomic mass is 10.1. The number of carbonyl (C=O) groups is 2. The van der Waals surface area contributed by atoms with Crippen LogP contribution in [-0.2, 0) is 19.1 Å². The number of H-pyrrole nitrogens is 2. The zero-order chi connectivity index (χ0) is 49.6. The number of carbonyl (C=O) groups excluding carboxylic acids is 2. The van der Waals surface area contributed by atoms with Gasteiger partial charge >= 0.3 is 0 Å². The molecule has 0 spiro atoms. The van der Waals surface area contributed by atoms with Crippen LogP contribution in [0.5, 0.6) is 0 Å². The maximum absolute atomic E-state index is 12.8. The molecule has 20 nitrogen and oxygen atoms in total. The number of anilines is 4. The molecule has 4 aliphatic rings. The summed E-state index contributed by atoms with van der Waals surface area (Å²) in [5.41, 5.74) is 3.88. The molecule has 0 saturated carbocycles. The number of hydrogen-bond donors (Lipinski definition) is 2. The molecule has 0 aromatic carbocycles. The molecule has 372 valence electrons. The van der Waals surface area contributed by atoms with Gasteiger partial charge in [0.1, 0.15) is 23.8 Å². The zero-order valence-corrected chi connectivity index (χ0v) is 40.9. The molecule has 0 aliphatic carbocycles. The lowest BCUT2D eigenvalue weighted by Gasteiger charge is -2.36. The van der Waals surface area contributed by atoms with Crippen LogP contribution in [0, 0.1) is 48.3 Å². The van der Waals surface area contributed by atoms with Crippen molar-refractivity contribution in [1.29, 1.82) is 10.5 Å². The van der Waals surface area contributed by atoms with E-state index in [1.165, 1.54) is 0 Å². The molecule has 4 aromatic heterocycles. The van der Waals surface area contributed by atoms with Crippen LogP contribution >= 0.6 is 0 Å². The van der Waals surface area contributed by atoms with Gasteiger partial charge in [-0.05, 0) is 75.6 Å². The number of rotatable bonds is 16. The molecule has 8 rings (SSSR count). The van der Waals surface area contributed by atoms with Crippen LogP contribution < -0.4 is 30.7 Å². The van der Waals surface area contributed by atoms with Gasteiger partial charge in [-0.3, -0.25) is 19.2 Å². The Morgan fingerprint density at radius 1 is 0.629 bits per heavy atom. The predicted molar refractivity (Wildman–Crippen MR) is 265 cm³/mol. The smallest absolute Gasteiger partial charge is 0.269 e. The Morgan fingerprint density at radius 3 is 1.39 bits per heavy atom. The summed E-state index contributed by atoms with van der Waals surface area (Å²) < 4.78 is 12.1. The molecule has 4 aliphatic heterocycles. The number of ether oxygens (including phenoxy) is 2. The van der Waals surface area contributed by atoms with E-state index in [2.05, 4.69) is 62.1 Å². The predicted octanol–water partition coefficient (Wildman–Crippen LogP) is 3.41. The van der Waals surface area contributed by atoms with Crippen LogP contribution in [0.15, 0.2) is 58.6 Å². The average molecular weight is 959 g/mol. The molecule has 4 fully saturated rings. The summed E-state index contributed by atoms with van der Waals surface area (Å²) in [6.07, 6.45) is 11.6. The summed E-state index contributed by atoms with van der Waals surface area (Å²) in [4.78, 5) is 70.7. The molecule has 4 aromatic rings. The summed E-state index contributed by atoms with van der Waals surface area (Å²) in [7, 11) is 0. The Hall–Kier alpha value is -6.90. The fraction of sp³-hybridized carbons (Fsp3) is 0.560. The van der Waals surface area contributed by atoms with E-state index in [1.807, 2.05) is 49.6 Å². The van der Waals surface area contributed by atoms with E-state index < -0.39 is 0 Å². The van der Waals surface area contributed by atoms with Gasteiger partial charge in [-0.1, -0.05) is 13.8 Å². The minimum absolute atomic E-state index is 0.124. The molecule has 70 heavy (non-hydrogen) atoms. The third-order valence-corrected chi connectivity index (χ3v) is 13.7. The summed E-state index contributed by atoms with van der Waals surface area (Å²) >= 11 is 0. The van der Waals surface area contributed by atoms with Gasteiger partial charge in [-0.15, -0.1) is 0 Å². The first-order chi connectivity index (χ1) is 33.9. The normalized spacial score (nSPS) is 19.0. The number of pyridine rings is 2. The largest absolute Gasteiger partial charge is 0.379 e. The van der Waals surface area contributed by atoms with E-state index in [0.717, 1.165) is 88.0 Å². The van der Waals surface area contributed by atoms with Crippen LogP contribution in [0.1, 0.15) is 74.6 Å². The fourth-order valence-corrected chi connectivity index (χ4v) is 9.56. The monoisotopic (exact) mass is 959 g/mol. The van der Waals surface area contributed by atoms with Gasteiger partial charge in [0.05, 0.1) is 60.2 Å². The van der Waals surface area contributed by atoms with Gasteiger partial charge in [0.2, 0.25) is 11.8 Å². The number of nitriles is 2. The topological polar surface area (TPSA) is 237 Å². The van der Waals surface area contributed by atoms with E-state index in [-0.39, 0.29) is 46.9 Å². The van der Waals surface area contributed by atoms with Gasteiger partial charge in [0.25, 0.3) is 11.1 Å². The second-order valence-electron chi connectivity index (χ2n) is 18.9. The Balaban J connectivity index is 0.000000206. The van der Waals surface area contributed by atoms with Gasteiger partial charge < -0.3 is 38.9 Å². The van der Waals surface area contributed by atoms with E-state index >= 15 is 0 Å². The summed E-state index contributed by atoms with van der Waals surface area (Å²) in [5.74, 6) is 2.23. The quantitative estimate of drug-likeness (QED) is 0.164. The Morgan fingerprint density at radius 2 is 1.03 bits per heavy atom. The standard InChI is InChI=1S/2C25H33N7O3/c2*1-18(16-35-17-21-4-3-7-32(21)22-15-28-29-25(34)19(22)2)12-24(33)31-10-8-30(9-11-31)23-6-5-20(13-26)14-27-23/h2*5-6,14-15,18,21H,3-4,7-12,16-17H2,1-2H3,(H,29,34)/t18-,21+;18-,21-/m10/s1. The lowest BCUT2D eigenvalue weighted by molar-refractivity contribution is -0.133. The molecule has 0 bridgehead atoms. The second-order valence-corrected chi connectivity index (χ2v) is 18.9. The maximum atomic E-state index is 12.8. The molecule has 8 heterocycles. The summed E-state index contributed by atoms with van der Waals surface area (Å²) in [6, 6.07) is 11.8. The third-order valence-electron chi connectivity index (χ3n) is 13.7. The van der Waals surface area contributed by atoms with Crippen LogP contribution in [0.4, 0.5) is 23.0 Å². The molecule has 0 unspecified atom stereocenters. The molecule has 20 heteroatoms. The molecular weight excluding hydrogens is 893 g/mol. The van der Waals surface area contributed by atoms with Crippen molar-refractivity contribution >= 4 is 34.8 Å². The van der Waals surface area contributed by atoms with Crippen molar-refractivity contribution in [2.75, 3.05) is 111 Å². The first-order valence-corrected chi connectivity index (χ1v) is 24.5. The van der Waals surface area contributed by atoms with Crippen molar-refractivity contribution in [2.24, 2.45) is 11.8 Å². The third kappa shape index (κ3) is 13.2. The minimum atomic E-state index is -0.157. The van der Waals surface area contributed by atoms with E-state index in [0.29, 0.717) is 87.7 Å². The fourth-order valence-electron chi connectivity index (χ4n) is 9.56. The van der Waals surface area contributed by atoms with Crippen LogP contribution in [0.2, 0.25) is 0 Å². The highest BCUT2D eigenvalue weighted by molar-refractivity contribution is 5.77. The maximum Gasteiger partial charge on any atom is 0.269 e. The van der Waals surface area contributed by atoms with Gasteiger partial charge in [-0.25, -0.2) is 20.2 Å². The van der Waals surface area contributed by atoms with Crippen LogP contribution in [-0.4, -0.2) is 156 Å². The Kier molecular flexibility index (Phi) is 17.9. The number of aromatic nitrogens is 6. The van der Waals surface area contributed by atoms with E-state index in [4.69, 9.17) is 20.0 Å².